The molecule has 0 radical (unpaired) electrons. The van der Waals surface area contributed by atoms with Crippen LogP contribution in [0.4, 0.5) is 5.95 Å². The monoisotopic (exact) mass is 344 g/mol. The highest BCUT2D eigenvalue weighted by Crippen LogP contribution is 2.37. The first kappa shape index (κ1) is 15.8. The van der Waals surface area contributed by atoms with E-state index in [1.54, 1.807) is 14.2 Å². The molecule has 2 heterocycles. The van der Waals surface area contributed by atoms with Gasteiger partial charge in [0, 0.05) is 22.6 Å². The van der Waals surface area contributed by atoms with E-state index in [9.17, 15) is 0 Å². The molecular formula is C20H16N4O2. The molecule has 2 aromatic heterocycles. The third-order valence-electron chi connectivity index (χ3n) is 4.27. The van der Waals surface area contributed by atoms with Gasteiger partial charge in [-0.05, 0) is 18.2 Å². The lowest BCUT2D eigenvalue weighted by atomic mass is 10.1. The van der Waals surface area contributed by atoms with Crippen molar-refractivity contribution in [1.29, 1.82) is 0 Å². The molecule has 0 amide bonds. The van der Waals surface area contributed by atoms with E-state index in [-0.39, 0.29) is 5.95 Å². The molecule has 0 bridgehead atoms. The van der Waals surface area contributed by atoms with E-state index in [2.05, 4.69) is 20.9 Å². The van der Waals surface area contributed by atoms with E-state index >= 15 is 0 Å². The smallest absolute Gasteiger partial charge is 0.221 e. The minimum atomic E-state index is 0.189. The summed E-state index contributed by atoms with van der Waals surface area (Å²) in [7, 11) is 3.19. The molecular weight excluding hydrogens is 328 g/mol. The Balaban J connectivity index is 2.07. The van der Waals surface area contributed by atoms with Crippen LogP contribution in [0.1, 0.15) is 5.56 Å². The van der Waals surface area contributed by atoms with E-state index in [4.69, 9.17) is 21.6 Å². The second-order valence-electron chi connectivity index (χ2n) is 5.76. The van der Waals surface area contributed by atoms with Crippen LogP contribution in [0.15, 0.2) is 36.4 Å². The predicted octanol–water partition coefficient (Wildman–Crippen LogP) is 3.36. The molecule has 0 aliphatic heterocycles. The molecule has 0 atom stereocenters. The van der Waals surface area contributed by atoms with Gasteiger partial charge in [0.25, 0.3) is 0 Å². The van der Waals surface area contributed by atoms with Crippen LogP contribution in [-0.2, 0) is 0 Å². The summed E-state index contributed by atoms with van der Waals surface area (Å²) in [5.41, 5.74) is 10.7. The number of nitrogens with zero attached hydrogens (tertiary/aromatic N) is 2. The number of nitrogens with two attached hydrogens (primary N) is 1. The third kappa shape index (κ3) is 2.38. The van der Waals surface area contributed by atoms with Crippen molar-refractivity contribution in [3.63, 3.8) is 0 Å². The number of anilines is 1. The van der Waals surface area contributed by atoms with Crippen molar-refractivity contribution in [1.82, 2.24) is 15.0 Å². The van der Waals surface area contributed by atoms with Gasteiger partial charge in [0.15, 0.2) is 11.5 Å². The van der Waals surface area contributed by atoms with Crippen LogP contribution in [-0.4, -0.2) is 29.2 Å². The van der Waals surface area contributed by atoms with Crippen molar-refractivity contribution in [2.24, 2.45) is 0 Å². The van der Waals surface area contributed by atoms with Gasteiger partial charge in [-0.3, -0.25) is 0 Å². The number of H-pyrrole nitrogens is 1. The van der Waals surface area contributed by atoms with Gasteiger partial charge in [0.1, 0.15) is 11.2 Å². The summed E-state index contributed by atoms with van der Waals surface area (Å²) >= 11 is 0. The summed E-state index contributed by atoms with van der Waals surface area (Å²) in [6.07, 6.45) is 5.52. The Morgan fingerprint density at radius 2 is 1.85 bits per heavy atom. The number of nitrogen functional groups attached to an aromatic ring is 1. The maximum atomic E-state index is 5.98. The number of ether oxygens (including phenoxy) is 2. The fourth-order valence-electron chi connectivity index (χ4n) is 3.07. The highest BCUT2D eigenvalue weighted by molar-refractivity contribution is 6.10. The number of hydrogen-bond acceptors (Lipinski definition) is 5. The molecule has 26 heavy (non-hydrogen) atoms. The number of fused-ring (bicyclic) bond motifs is 3. The molecule has 3 N–H and O–H groups in total. The molecule has 6 heteroatoms. The molecule has 0 unspecified atom stereocenters. The van der Waals surface area contributed by atoms with Gasteiger partial charge in [0.05, 0.1) is 25.3 Å². The lowest BCUT2D eigenvalue weighted by molar-refractivity contribution is 0.356. The number of nitrogens with one attached hydrogen (secondary N) is 1. The van der Waals surface area contributed by atoms with E-state index in [1.807, 2.05) is 36.4 Å². The van der Waals surface area contributed by atoms with Crippen molar-refractivity contribution < 1.29 is 9.47 Å². The lowest BCUT2D eigenvalue weighted by Gasteiger charge is -2.07. The first-order valence-electron chi connectivity index (χ1n) is 7.92. The standard InChI is InChI=1S/C20H16N4O2/c1-4-11-6-5-7-12(8-11)17-19-18(24-20(21)23-17)13-9-15(25-2)16(26-3)10-14(13)22-19/h1,5-10,22H,2-3H3,(H2,21,23,24). The molecule has 6 nitrogen and oxygen atoms in total. The molecule has 4 aromatic rings. The van der Waals surface area contributed by atoms with Gasteiger partial charge in [-0.2, -0.15) is 0 Å². The van der Waals surface area contributed by atoms with E-state index in [1.165, 1.54) is 0 Å². The first-order chi connectivity index (χ1) is 12.6. The maximum absolute atomic E-state index is 5.98. The highest BCUT2D eigenvalue weighted by Gasteiger charge is 2.17. The van der Waals surface area contributed by atoms with Crippen molar-refractivity contribution in [3.05, 3.63) is 42.0 Å². The van der Waals surface area contributed by atoms with Crippen molar-refractivity contribution in [3.8, 4) is 35.1 Å². The number of benzene rings is 2. The molecule has 4 rings (SSSR count). The van der Waals surface area contributed by atoms with Crippen LogP contribution in [0, 0.1) is 12.3 Å². The summed E-state index contributed by atoms with van der Waals surface area (Å²) in [6.45, 7) is 0. The van der Waals surface area contributed by atoms with Crippen LogP contribution in [0.2, 0.25) is 0 Å². The Bertz CT molecular complexity index is 1190. The van der Waals surface area contributed by atoms with Gasteiger partial charge in [0.2, 0.25) is 5.95 Å². The van der Waals surface area contributed by atoms with Crippen LogP contribution >= 0.6 is 0 Å². The number of rotatable bonds is 3. The van der Waals surface area contributed by atoms with Gasteiger partial charge in [-0.1, -0.05) is 18.1 Å². The Hall–Kier alpha value is -3.72. The quantitative estimate of drug-likeness (QED) is 0.557. The molecule has 2 aromatic carbocycles. The molecule has 0 saturated heterocycles. The minimum absolute atomic E-state index is 0.189. The maximum Gasteiger partial charge on any atom is 0.221 e. The number of terminal acetylenes is 1. The number of aromatic amines is 1. The molecule has 128 valence electrons. The summed E-state index contributed by atoms with van der Waals surface area (Å²) in [5.74, 6) is 4.08. The SMILES string of the molecule is C#Cc1cccc(-c2nc(N)nc3c2[nH]c2cc(OC)c(OC)cc23)c1. The Labute approximate surface area is 150 Å². The van der Waals surface area contributed by atoms with Crippen molar-refractivity contribution in [2.45, 2.75) is 0 Å². The van der Waals surface area contributed by atoms with Gasteiger partial charge < -0.3 is 20.2 Å². The number of aromatic nitrogens is 3. The largest absolute Gasteiger partial charge is 0.493 e. The fraction of sp³-hybridized carbons (Fsp3) is 0.100. The van der Waals surface area contributed by atoms with Crippen LogP contribution in [0.5, 0.6) is 11.5 Å². The molecule has 0 spiro atoms. The Morgan fingerprint density at radius 1 is 1.08 bits per heavy atom. The topological polar surface area (TPSA) is 86.1 Å². The molecule has 0 fully saturated rings. The van der Waals surface area contributed by atoms with Gasteiger partial charge in [-0.25, -0.2) is 9.97 Å². The van der Waals surface area contributed by atoms with Crippen molar-refractivity contribution >= 4 is 27.9 Å². The normalized spacial score (nSPS) is 10.8. The average molecular weight is 344 g/mol. The lowest BCUT2D eigenvalue weighted by Crippen LogP contribution is -1.97. The number of methoxy groups -OCH3 is 2. The van der Waals surface area contributed by atoms with Crippen molar-refractivity contribution in [2.75, 3.05) is 20.0 Å². The second-order valence-corrected chi connectivity index (χ2v) is 5.76. The van der Waals surface area contributed by atoms with Crippen LogP contribution in [0.25, 0.3) is 33.2 Å². The number of hydrogen-bond donors (Lipinski definition) is 2. The minimum Gasteiger partial charge on any atom is -0.493 e. The first-order valence-corrected chi connectivity index (χ1v) is 7.92. The Morgan fingerprint density at radius 3 is 2.58 bits per heavy atom. The zero-order chi connectivity index (χ0) is 18.3. The van der Waals surface area contributed by atoms with E-state index in [0.29, 0.717) is 17.2 Å². The Kier molecular flexibility index (Phi) is 3.63. The average Bonchev–Trinajstić information content (AvgIpc) is 3.03. The van der Waals surface area contributed by atoms with Crippen LogP contribution in [0.3, 0.4) is 0 Å². The third-order valence-corrected chi connectivity index (χ3v) is 4.27. The van der Waals surface area contributed by atoms with Gasteiger partial charge >= 0.3 is 0 Å². The molecule has 0 aliphatic rings. The summed E-state index contributed by atoms with van der Waals surface area (Å²) < 4.78 is 10.8. The van der Waals surface area contributed by atoms with Gasteiger partial charge in [-0.15, -0.1) is 6.42 Å². The summed E-state index contributed by atoms with van der Waals surface area (Å²) in [5, 5.41) is 0.876. The zero-order valence-electron chi connectivity index (χ0n) is 14.3. The predicted molar refractivity (Wildman–Crippen MR) is 102 cm³/mol. The summed E-state index contributed by atoms with van der Waals surface area (Å²) in [6, 6.07) is 11.3. The molecule has 0 aliphatic carbocycles. The summed E-state index contributed by atoms with van der Waals surface area (Å²) in [4.78, 5) is 12.2. The van der Waals surface area contributed by atoms with Crippen LogP contribution < -0.4 is 15.2 Å². The highest BCUT2D eigenvalue weighted by atomic mass is 16.5. The fourth-order valence-corrected chi connectivity index (χ4v) is 3.07. The zero-order valence-corrected chi connectivity index (χ0v) is 14.3. The molecule has 0 saturated carbocycles. The second kappa shape index (κ2) is 5.97. The van der Waals surface area contributed by atoms with E-state index in [0.717, 1.165) is 33.1 Å². The van der Waals surface area contributed by atoms with E-state index < -0.39 is 0 Å².